The molecule has 3 rings (SSSR count). The van der Waals surface area contributed by atoms with E-state index < -0.39 is 79.8 Å². The Bertz CT molecular complexity index is 1730. The van der Waals surface area contributed by atoms with E-state index in [1.165, 1.54) is 36.4 Å². The first-order valence-corrected chi connectivity index (χ1v) is 18.6. The summed E-state index contributed by atoms with van der Waals surface area (Å²) in [5.41, 5.74) is 2.38. The van der Waals surface area contributed by atoms with Crippen LogP contribution in [0.3, 0.4) is 0 Å². The molecule has 0 spiro atoms. The van der Waals surface area contributed by atoms with Crippen molar-refractivity contribution in [3.63, 3.8) is 0 Å². The third-order valence-electron chi connectivity index (χ3n) is 6.78. The van der Waals surface area contributed by atoms with E-state index >= 15 is 0 Å². The molecule has 0 fully saturated rings. The zero-order valence-corrected chi connectivity index (χ0v) is 28.7. The molecule has 16 heteroatoms. The van der Waals surface area contributed by atoms with Gasteiger partial charge in [-0.1, -0.05) is 53.1 Å². The van der Waals surface area contributed by atoms with Crippen molar-refractivity contribution in [2.24, 2.45) is 0 Å². The van der Waals surface area contributed by atoms with Crippen molar-refractivity contribution in [3.05, 3.63) is 89.5 Å². The summed E-state index contributed by atoms with van der Waals surface area (Å²) in [6, 6.07) is 17.6. The zero-order valence-electron chi connectivity index (χ0n) is 24.8. The van der Waals surface area contributed by atoms with E-state index in [1.54, 1.807) is 57.2 Å². The Morgan fingerprint density at radius 1 is 0.467 bits per heavy atom. The van der Waals surface area contributed by atoms with Gasteiger partial charge in [0.2, 0.25) is 40.6 Å². The van der Waals surface area contributed by atoms with Crippen molar-refractivity contribution in [1.82, 2.24) is 12.9 Å². The van der Waals surface area contributed by atoms with E-state index in [-0.39, 0.29) is 14.7 Å². The molecule has 0 bridgehead atoms. The summed E-state index contributed by atoms with van der Waals surface area (Å²) in [6.45, 7) is 1.84. The maximum absolute atomic E-state index is 13.8. The molecule has 0 aliphatic heterocycles. The Kier molecular flexibility index (Phi) is 12.5. The van der Waals surface area contributed by atoms with Gasteiger partial charge < -0.3 is 0 Å². The van der Waals surface area contributed by atoms with Gasteiger partial charge >= 0.3 is 0 Å². The van der Waals surface area contributed by atoms with Gasteiger partial charge in [0, 0.05) is 26.2 Å². The summed E-state index contributed by atoms with van der Waals surface area (Å²) in [7, 11) is -12.9. The summed E-state index contributed by atoms with van der Waals surface area (Å²) in [5, 5.41) is -1.98. The first-order chi connectivity index (χ1) is 20.9. The number of benzene rings is 3. The Morgan fingerprint density at radius 2 is 0.689 bits per heavy atom. The summed E-state index contributed by atoms with van der Waals surface area (Å²) in [4.78, 5) is 23.4. The molecule has 3 aromatic rings. The molecule has 0 atom stereocenters. The van der Waals surface area contributed by atoms with E-state index in [1.807, 2.05) is 0 Å². The van der Waals surface area contributed by atoms with Gasteiger partial charge in [0.05, 0.1) is 27.8 Å². The highest BCUT2D eigenvalue weighted by Crippen LogP contribution is 2.22. The molecular weight excluding hydrogens is 685 g/mol. The lowest BCUT2D eigenvalue weighted by molar-refractivity contribution is -0.112. The average Bonchev–Trinajstić information content (AvgIpc) is 2.96. The highest BCUT2D eigenvalue weighted by atomic mass is 35.5. The predicted octanol–water partition coefficient (Wildman–Crippen LogP) is 3.52. The Hall–Kier alpha value is -2.69. The topological polar surface area (TPSA) is 146 Å². The van der Waals surface area contributed by atoms with Gasteiger partial charge in [-0.25, -0.2) is 25.3 Å². The second-order valence-corrected chi connectivity index (χ2v) is 16.9. The molecule has 0 heterocycles. The first kappa shape index (κ1) is 36.8. The molecule has 0 unspecified atom stereocenters. The van der Waals surface area contributed by atoms with Crippen LogP contribution >= 0.6 is 23.2 Å². The number of hydrogen-bond donors (Lipinski definition) is 0. The lowest BCUT2D eigenvalue weighted by Gasteiger charge is -2.28. The molecular formula is C29H33Cl2N3O8S3. The van der Waals surface area contributed by atoms with Gasteiger partial charge in [-0.15, -0.1) is 0 Å². The number of halogens is 2. The number of aryl methyl sites for hydroxylation is 3. The molecule has 45 heavy (non-hydrogen) atoms. The van der Waals surface area contributed by atoms with Crippen LogP contribution in [-0.4, -0.2) is 87.9 Å². The van der Waals surface area contributed by atoms with Crippen molar-refractivity contribution in [2.75, 3.05) is 39.3 Å². The fourth-order valence-electron chi connectivity index (χ4n) is 4.22. The minimum Gasteiger partial charge on any atom is -0.280 e. The number of sulfonamides is 3. The second-order valence-electron chi connectivity index (χ2n) is 10.2. The Labute approximate surface area is 274 Å². The fourth-order valence-corrected chi connectivity index (χ4v) is 8.85. The molecule has 0 N–H and O–H groups in total. The number of rotatable bonds is 16. The van der Waals surface area contributed by atoms with Crippen molar-refractivity contribution >= 4 is 63.8 Å². The molecule has 0 amide bonds. The van der Waals surface area contributed by atoms with Gasteiger partial charge in [-0.3, -0.25) is 9.59 Å². The van der Waals surface area contributed by atoms with E-state index in [2.05, 4.69) is 0 Å². The van der Waals surface area contributed by atoms with Crippen LogP contribution in [0.15, 0.2) is 87.5 Å². The average molecular weight is 719 g/mol. The maximum Gasteiger partial charge on any atom is 0.243 e. The molecule has 0 aromatic heterocycles. The standard InChI is InChI=1S/C29H33Cl2N3O8S3/c1-22-4-10-25(11-5-22)43(37,38)32(16-18-33(20-28(30)35)44(39,40)26-12-6-23(2)7-13-26)17-19-34(21-29(31)36)45(41,42)27-14-8-24(3)9-15-27/h4-15H,16-21H2,1-3H3. The van der Waals surface area contributed by atoms with Crippen LogP contribution in [0.4, 0.5) is 0 Å². The van der Waals surface area contributed by atoms with Gasteiger partial charge in [0.25, 0.3) is 0 Å². The molecule has 244 valence electrons. The first-order valence-electron chi connectivity index (χ1n) is 13.5. The number of carbonyl (C=O) groups excluding carboxylic acids is 2. The van der Waals surface area contributed by atoms with Crippen molar-refractivity contribution in [2.45, 2.75) is 35.5 Å². The van der Waals surface area contributed by atoms with Crippen molar-refractivity contribution in [1.29, 1.82) is 0 Å². The van der Waals surface area contributed by atoms with E-state index in [0.717, 1.165) is 29.6 Å². The number of carbonyl (C=O) groups is 2. The normalized spacial score (nSPS) is 12.6. The van der Waals surface area contributed by atoms with Crippen LogP contribution in [0.2, 0.25) is 0 Å². The number of hydrogen-bond acceptors (Lipinski definition) is 8. The summed E-state index contributed by atoms with van der Waals surface area (Å²) >= 11 is 11.2. The third kappa shape index (κ3) is 9.66. The second kappa shape index (κ2) is 15.3. The highest BCUT2D eigenvalue weighted by Gasteiger charge is 2.32. The van der Waals surface area contributed by atoms with Crippen molar-refractivity contribution < 1.29 is 34.8 Å². The van der Waals surface area contributed by atoms with Crippen molar-refractivity contribution in [3.8, 4) is 0 Å². The summed E-state index contributed by atoms with van der Waals surface area (Å²) in [6.07, 6.45) is 0. The van der Waals surface area contributed by atoms with Gasteiger partial charge in [0.1, 0.15) is 0 Å². The monoisotopic (exact) mass is 717 g/mol. The zero-order chi connectivity index (χ0) is 33.6. The molecule has 0 aliphatic rings. The van der Waals surface area contributed by atoms with Gasteiger partial charge in [0.15, 0.2) is 0 Å². The SMILES string of the molecule is Cc1ccc(S(=O)(=O)N(CCN(CC(=O)Cl)S(=O)(=O)c2ccc(C)cc2)CCN(CC(=O)Cl)S(=O)(=O)c2ccc(C)cc2)cc1. The fraction of sp³-hybridized carbons (Fsp3) is 0.310. The van der Waals surface area contributed by atoms with Crippen LogP contribution in [-0.2, 0) is 39.7 Å². The van der Waals surface area contributed by atoms with Crippen LogP contribution in [0.25, 0.3) is 0 Å². The van der Waals surface area contributed by atoms with E-state index in [0.29, 0.717) is 0 Å². The highest BCUT2D eigenvalue weighted by molar-refractivity contribution is 7.89. The lowest BCUT2D eigenvalue weighted by atomic mass is 10.2. The molecule has 3 aromatic carbocycles. The minimum absolute atomic E-state index is 0.129. The quantitative estimate of drug-likeness (QED) is 0.205. The summed E-state index contributed by atoms with van der Waals surface area (Å²) < 4.78 is 83.9. The van der Waals surface area contributed by atoms with E-state index in [9.17, 15) is 34.8 Å². The molecule has 0 aliphatic carbocycles. The van der Waals surface area contributed by atoms with Gasteiger partial charge in [-0.05, 0) is 80.4 Å². The molecule has 0 radical (unpaired) electrons. The number of nitrogens with zero attached hydrogens (tertiary/aromatic N) is 3. The van der Waals surface area contributed by atoms with Crippen LogP contribution in [0.5, 0.6) is 0 Å². The van der Waals surface area contributed by atoms with Crippen LogP contribution in [0.1, 0.15) is 16.7 Å². The summed E-state index contributed by atoms with van der Waals surface area (Å²) in [5.74, 6) is 0. The smallest absolute Gasteiger partial charge is 0.243 e. The molecule has 11 nitrogen and oxygen atoms in total. The van der Waals surface area contributed by atoms with Gasteiger partial charge in [-0.2, -0.15) is 12.9 Å². The Balaban J connectivity index is 2.00. The van der Waals surface area contributed by atoms with Crippen LogP contribution < -0.4 is 0 Å². The molecule has 0 saturated heterocycles. The minimum atomic E-state index is -4.34. The predicted molar refractivity (Wildman–Crippen MR) is 172 cm³/mol. The largest absolute Gasteiger partial charge is 0.280 e. The van der Waals surface area contributed by atoms with Crippen LogP contribution in [0, 0.1) is 20.8 Å². The third-order valence-corrected chi connectivity index (χ3v) is 12.6. The van der Waals surface area contributed by atoms with E-state index in [4.69, 9.17) is 23.2 Å². The Morgan fingerprint density at radius 3 is 0.933 bits per heavy atom. The lowest BCUT2D eigenvalue weighted by Crippen LogP contribution is -2.46. The maximum atomic E-state index is 13.8. The molecule has 0 saturated carbocycles.